The molecule has 5 saturated carbocycles. The lowest BCUT2D eigenvalue weighted by Crippen LogP contribution is -2.58. The first-order valence-electron chi connectivity index (χ1n) is 14.6. The Bertz CT molecular complexity index is 866. The molecule has 0 amide bonds. The first-order valence-corrected chi connectivity index (χ1v) is 14.6. The van der Waals surface area contributed by atoms with Crippen LogP contribution in [0.1, 0.15) is 126 Å². The van der Waals surface area contributed by atoms with Crippen LogP contribution in [0.3, 0.4) is 0 Å². The molecule has 5 aliphatic carbocycles. The minimum Gasteiger partial charge on any atom is -0.462 e. The molecule has 0 aliphatic heterocycles. The second-order valence-corrected chi connectivity index (χ2v) is 14.9. The zero-order valence-electron chi connectivity index (χ0n) is 23.6. The molecule has 5 rings (SSSR count). The van der Waals surface area contributed by atoms with Gasteiger partial charge in [-0.05, 0) is 130 Å². The molecule has 192 valence electrons. The fourth-order valence-corrected chi connectivity index (χ4v) is 11.5. The molecule has 0 bridgehead atoms. The van der Waals surface area contributed by atoms with Crippen LogP contribution in [0, 0.1) is 50.7 Å². The molecule has 0 aromatic heterocycles. The van der Waals surface area contributed by atoms with Crippen LogP contribution in [0.5, 0.6) is 0 Å². The third-order valence-electron chi connectivity index (χ3n) is 13.3. The molecule has 0 unspecified atom stereocenters. The van der Waals surface area contributed by atoms with Crippen molar-refractivity contribution in [1.29, 1.82) is 0 Å². The molecule has 0 saturated heterocycles. The number of ether oxygens (including phenoxy) is 1. The molecular weight excluding hydrogens is 416 g/mol. The van der Waals surface area contributed by atoms with Gasteiger partial charge in [-0.3, -0.25) is 4.79 Å². The average Bonchev–Trinajstić information content (AvgIpc) is 3.32. The maximum atomic E-state index is 11.8. The highest BCUT2D eigenvalue weighted by Crippen LogP contribution is 2.89. The van der Waals surface area contributed by atoms with Crippen LogP contribution in [0.25, 0.3) is 0 Å². The van der Waals surface area contributed by atoms with E-state index in [0.717, 1.165) is 30.1 Å². The Hall–Kier alpha value is -0.790. The Kier molecular flexibility index (Phi) is 5.75. The molecule has 0 heterocycles. The minimum absolute atomic E-state index is 0.0927. The fourth-order valence-electron chi connectivity index (χ4n) is 11.5. The minimum atomic E-state index is -0.0927. The monoisotopic (exact) mass is 468 g/mol. The normalized spacial score (nSPS) is 49.1. The van der Waals surface area contributed by atoms with Crippen LogP contribution >= 0.6 is 0 Å². The zero-order valence-corrected chi connectivity index (χ0v) is 23.6. The Morgan fingerprint density at radius 3 is 2.24 bits per heavy atom. The molecular formula is C32H52O2. The van der Waals surface area contributed by atoms with Crippen LogP contribution in [0.2, 0.25) is 0 Å². The topological polar surface area (TPSA) is 26.3 Å². The van der Waals surface area contributed by atoms with Gasteiger partial charge in [-0.1, -0.05) is 46.3 Å². The second-order valence-electron chi connectivity index (χ2n) is 14.9. The summed E-state index contributed by atoms with van der Waals surface area (Å²) < 4.78 is 5.90. The maximum absolute atomic E-state index is 11.8. The predicted molar refractivity (Wildman–Crippen MR) is 140 cm³/mol. The van der Waals surface area contributed by atoms with Crippen LogP contribution in [0.15, 0.2) is 11.6 Å². The molecule has 5 aliphatic rings. The fraction of sp³-hybridized carbons (Fsp3) is 0.906. The van der Waals surface area contributed by atoms with Gasteiger partial charge in [0.15, 0.2) is 0 Å². The zero-order chi connectivity index (χ0) is 24.7. The van der Waals surface area contributed by atoms with Gasteiger partial charge in [0, 0.05) is 12.3 Å². The summed E-state index contributed by atoms with van der Waals surface area (Å²) in [5.74, 6) is 3.27. The van der Waals surface area contributed by atoms with Crippen molar-refractivity contribution >= 4 is 5.97 Å². The number of fused-ring (bicyclic) bond motifs is 2. The van der Waals surface area contributed by atoms with Gasteiger partial charge in [0.25, 0.3) is 0 Å². The van der Waals surface area contributed by atoms with E-state index in [1.54, 1.807) is 6.92 Å². The molecule has 2 nitrogen and oxygen atoms in total. The van der Waals surface area contributed by atoms with E-state index in [0.29, 0.717) is 21.7 Å². The van der Waals surface area contributed by atoms with E-state index < -0.39 is 0 Å². The van der Waals surface area contributed by atoms with Gasteiger partial charge in [0.1, 0.15) is 6.10 Å². The summed E-state index contributed by atoms with van der Waals surface area (Å²) in [6.07, 6.45) is 17.6. The summed E-state index contributed by atoms with van der Waals surface area (Å²) >= 11 is 0. The van der Waals surface area contributed by atoms with E-state index in [1.165, 1.54) is 69.8 Å². The van der Waals surface area contributed by atoms with Crippen LogP contribution in [-0.2, 0) is 9.53 Å². The van der Waals surface area contributed by atoms with Gasteiger partial charge in [0.2, 0.25) is 0 Å². The molecule has 5 fully saturated rings. The van der Waals surface area contributed by atoms with Crippen LogP contribution in [0.4, 0.5) is 0 Å². The first kappa shape index (κ1) is 24.9. The second kappa shape index (κ2) is 7.85. The van der Waals surface area contributed by atoms with Crippen LogP contribution < -0.4 is 0 Å². The van der Waals surface area contributed by atoms with E-state index in [2.05, 4.69) is 54.5 Å². The van der Waals surface area contributed by atoms with Crippen molar-refractivity contribution in [1.82, 2.24) is 0 Å². The Labute approximate surface area is 210 Å². The number of allylic oxidation sites excluding steroid dienone is 2. The lowest BCUT2D eigenvalue weighted by atomic mass is 9.41. The lowest BCUT2D eigenvalue weighted by Gasteiger charge is -2.63. The molecule has 9 atom stereocenters. The van der Waals surface area contributed by atoms with Gasteiger partial charge in [-0.15, -0.1) is 0 Å². The Morgan fingerprint density at radius 1 is 0.882 bits per heavy atom. The summed E-state index contributed by atoms with van der Waals surface area (Å²) in [5, 5.41) is 0. The highest BCUT2D eigenvalue weighted by molar-refractivity contribution is 5.66. The van der Waals surface area contributed by atoms with Crippen molar-refractivity contribution in [3.63, 3.8) is 0 Å². The molecule has 0 aromatic rings. The summed E-state index contributed by atoms with van der Waals surface area (Å²) in [6, 6.07) is 0. The van der Waals surface area contributed by atoms with Gasteiger partial charge in [-0.2, -0.15) is 0 Å². The summed E-state index contributed by atoms with van der Waals surface area (Å²) in [4.78, 5) is 11.8. The lowest BCUT2D eigenvalue weighted by molar-refractivity contribution is -0.181. The summed E-state index contributed by atoms with van der Waals surface area (Å²) in [7, 11) is 0. The number of rotatable bonds is 5. The van der Waals surface area contributed by atoms with E-state index in [9.17, 15) is 4.79 Å². The predicted octanol–water partition coefficient (Wildman–Crippen LogP) is 8.74. The highest BCUT2D eigenvalue weighted by atomic mass is 16.5. The first-order chi connectivity index (χ1) is 15.8. The molecule has 2 heteroatoms. The van der Waals surface area contributed by atoms with Crippen molar-refractivity contribution in [2.75, 3.05) is 0 Å². The Morgan fingerprint density at radius 2 is 1.56 bits per heavy atom. The van der Waals surface area contributed by atoms with E-state index >= 15 is 0 Å². The number of hydrogen-bond acceptors (Lipinski definition) is 2. The van der Waals surface area contributed by atoms with Gasteiger partial charge < -0.3 is 4.74 Å². The quantitative estimate of drug-likeness (QED) is 0.298. The van der Waals surface area contributed by atoms with E-state index in [4.69, 9.17) is 4.74 Å². The molecule has 0 radical (unpaired) electrons. The van der Waals surface area contributed by atoms with Gasteiger partial charge >= 0.3 is 5.97 Å². The molecule has 0 aromatic carbocycles. The van der Waals surface area contributed by atoms with Crippen molar-refractivity contribution in [3.05, 3.63) is 11.6 Å². The van der Waals surface area contributed by atoms with E-state index in [1.807, 2.05) is 0 Å². The number of esters is 1. The van der Waals surface area contributed by atoms with Crippen LogP contribution in [-0.4, -0.2) is 12.1 Å². The molecule has 34 heavy (non-hydrogen) atoms. The number of carbonyl (C=O) groups excluding carboxylic acids is 1. The molecule has 2 spiro atoms. The average molecular weight is 469 g/mol. The SMILES string of the molecule is CC(=O)O[C@H]1CC[C@@]23C[C@@]24CC[C@]2(C)[C@H]([C@@H](C)CCC=C(C)C)CC[C@]2(C)[C@@H]4CC[C@@H]3C1(C)C. The van der Waals surface area contributed by atoms with Gasteiger partial charge in [-0.25, -0.2) is 0 Å². The third-order valence-corrected chi connectivity index (χ3v) is 13.3. The highest BCUT2D eigenvalue weighted by Gasteiger charge is 2.82. The van der Waals surface area contributed by atoms with Crippen molar-refractivity contribution in [2.45, 2.75) is 132 Å². The third kappa shape index (κ3) is 3.14. The van der Waals surface area contributed by atoms with Gasteiger partial charge in [0.05, 0.1) is 0 Å². The maximum Gasteiger partial charge on any atom is 0.302 e. The number of carbonyl (C=O) groups is 1. The summed E-state index contributed by atoms with van der Waals surface area (Å²) in [6.45, 7) is 18.9. The summed E-state index contributed by atoms with van der Waals surface area (Å²) in [5.41, 5.74) is 3.71. The smallest absolute Gasteiger partial charge is 0.302 e. The largest absolute Gasteiger partial charge is 0.462 e. The number of hydrogen-bond donors (Lipinski definition) is 0. The van der Waals surface area contributed by atoms with Crippen molar-refractivity contribution < 1.29 is 9.53 Å². The van der Waals surface area contributed by atoms with Crippen molar-refractivity contribution in [2.24, 2.45) is 50.7 Å². The van der Waals surface area contributed by atoms with Crippen molar-refractivity contribution in [3.8, 4) is 0 Å². The standard InChI is InChI=1S/C32H52O2/c1-21(2)10-9-11-22(3)24-14-16-30(8)26-13-12-25-28(5,6)27(34-23(4)33)15-17-31(25)20-32(26,31)19-18-29(24,30)7/h10,22,24-27H,9,11-20H2,1-8H3/t22-,24-,25+,26-,27-,29+,30+,31-,32+/m0/s1. The Balaban J connectivity index is 1.39. The molecule has 0 N–H and O–H groups in total. The van der Waals surface area contributed by atoms with E-state index in [-0.39, 0.29) is 17.5 Å².